The molecule has 5 rings (SSSR count). The minimum atomic E-state index is -1.58. The summed E-state index contributed by atoms with van der Waals surface area (Å²) in [5.41, 5.74) is 5.30. The zero-order chi connectivity index (χ0) is 26.2. The lowest BCUT2D eigenvalue weighted by molar-refractivity contribution is 0.0823. The fourth-order valence-electron chi connectivity index (χ4n) is 5.10. The summed E-state index contributed by atoms with van der Waals surface area (Å²) >= 11 is 0. The summed E-state index contributed by atoms with van der Waals surface area (Å²) in [6.07, 6.45) is 5.91. The molecule has 0 bridgehead atoms. The molecule has 1 saturated heterocycles. The first-order valence-corrected chi connectivity index (χ1v) is 12.5. The highest BCUT2D eigenvalue weighted by molar-refractivity contribution is 6.56. The Morgan fingerprint density at radius 2 is 1.89 bits per heavy atom. The predicted molar refractivity (Wildman–Crippen MR) is 145 cm³/mol. The molecule has 4 heterocycles. The van der Waals surface area contributed by atoms with Crippen LogP contribution >= 0.6 is 0 Å². The third-order valence-electron chi connectivity index (χ3n) is 7.05. The molecule has 4 aromatic rings. The SMILES string of the molecule is [B]C([B])([B])n1cc(CC2CCN(C(=O)OCc3ccccc3)CC2)c2cc(-c3c(C)noc3C)cnc21. The maximum absolute atomic E-state index is 12.6. The Hall–Kier alpha value is -3.42. The molecule has 1 fully saturated rings. The lowest BCUT2D eigenvalue weighted by atomic mass is 9.49. The number of carbonyl (C=O) groups is 1. The average molecular weight is 488 g/mol. The van der Waals surface area contributed by atoms with Crippen molar-refractivity contribution in [2.75, 3.05) is 13.1 Å². The number of piperidine rings is 1. The van der Waals surface area contributed by atoms with E-state index in [1.165, 1.54) is 0 Å². The van der Waals surface area contributed by atoms with Crippen LogP contribution < -0.4 is 0 Å². The summed E-state index contributed by atoms with van der Waals surface area (Å²) in [7, 11) is 18.2. The van der Waals surface area contributed by atoms with Crippen LogP contribution in [0.2, 0.25) is 0 Å². The summed E-state index contributed by atoms with van der Waals surface area (Å²) in [6.45, 7) is 5.36. The Kier molecular flexibility index (Phi) is 6.93. The van der Waals surface area contributed by atoms with Gasteiger partial charge in [0.2, 0.25) is 0 Å². The molecule has 0 aliphatic carbocycles. The molecule has 3 aromatic heterocycles. The number of fused-ring (bicyclic) bond motifs is 1. The highest BCUT2D eigenvalue weighted by Crippen LogP contribution is 2.33. The van der Waals surface area contributed by atoms with Crippen molar-refractivity contribution in [2.24, 2.45) is 5.92 Å². The quantitative estimate of drug-likeness (QED) is 0.385. The van der Waals surface area contributed by atoms with E-state index in [1.807, 2.05) is 50.4 Å². The zero-order valence-corrected chi connectivity index (χ0v) is 21.2. The molecular formula is C27H27B3N4O3. The Morgan fingerprint density at radius 3 is 2.54 bits per heavy atom. The van der Waals surface area contributed by atoms with Gasteiger partial charge < -0.3 is 18.7 Å². The molecule has 0 unspecified atom stereocenters. The summed E-state index contributed by atoms with van der Waals surface area (Å²) < 4.78 is 12.5. The third-order valence-corrected chi connectivity index (χ3v) is 7.05. The third kappa shape index (κ3) is 5.34. The van der Waals surface area contributed by atoms with Crippen molar-refractivity contribution in [3.8, 4) is 11.1 Å². The van der Waals surface area contributed by atoms with Crippen molar-refractivity contribution in [2.45, 2.75) is 45.0 Å². The molecule has 0 saturated carbocycles. The molecule has 0 atom stereocenters. The normalized spacial score (nSPS) is 14.8. The van der Waals surface area contributed by atoms with Gasteiger partial charge in [-0.05, 0) is 56.2 Å². The fourth-order valence-corrected chi connectivity index (χ4v) is 5.10. The number of aromatic nitrogens is 3. The molecule has 1 aromatic carbocycles. The number of hydrogen-bond donors (Lipinski definition) is 0. The molecule has 7 nitrogen and oxygen atoms in total. The van der Waals surface area contributed by atoms with Gasteiger partial charge in [-0.1, -0.05) is 40.7 Å². The first-order chi connectivity index (χ1) is 17.7. The fraction of sp³-hybridized carbons (Fsp3) is 0.370. The first-order valence-electron chi connectivity index (χ1n) is 12.5. The second-order valence-corrected chi connectivity index (χ2v) is 9.88. The largest absolute Gasteiger partial charge is 0.445 e. The number of nitrogens with zero attached hydrogens (tertiary/aromatic N) is 4. The minimum Gasteiger partial charge on any atom is -0.445 e. The second-order valence-electron chi connectivity index (χ2n) is 9.88. The topological polar surface area (TPSA) is 73.4 Å². The molecule has 10 heteroatoms. The van der Waals surface area contributed by atoms with Crippen LogP contribution in [0.25, 0.3) is 22.2 Å². The number of rotatable bonds is 6. The van der Waals surface area contributed by atoms with Gasteiger partial charge >= 0.3 is 6.09 Å². The molecular weight excluding hydrogens is 461 g/mol. The van der Waals surface area contributed by atoms with Crippen LogP contribution in [0.1, 0.15) is 35.4 Å². The van der Waals surface area contributed by atoms with E-state index in [0.29, 0.717) is 24.7 Å². The van der Waals surface area contributed by atoms with Crippen LogP contribution in [0.4, 0.5) is 4.79 Å². The van der Waals surface area contributed by atoms with E-state index < -0.39 is 5.24 Å². The maximum Gasteiger partial charge on any atom is 0.410 e. The monoisotopic (exact) mass is 488 g/mol. The Morgan fingerprint density at radius 1 is 1.16 bits per heavy atom. The van der Waals surface area contributed by atoms with E-state index in [-0.39, 0.29) is 12.7 Å². The number of carbonyl (C=O) groups excluding carboxylic acids is 1. The highest BCUT2D eigenvalue weighted by Gasteiger charge is 2.26. The molecule has 0 spiro atoms. The van der Waals surface area contributed by atoms with Crippen molar-refractivity contribution in [3.05, 3.63) is 71.4 Å². The average Bonchev–Trinajstić information content (AvgIpc) is 3.42. The van der Waals surface area contributed by atoms with Crippen LogP contribution in [0.3, 0.4) is 0 Å². The summed E-state index contributed by atoms with van der Waals surface area (Å²) in [5, 5.41) is 3.43. The van der Waals surface area contributed by atoms with E-state index in [2.05, 4.69) is 16.2 Å². The van der Waals surface area contributed by atoms with Gasteiger partial charge in [-0.3, -0.25) is 0 Å². The molecule has 1 aliphatic rings. The van der Waals surface area contributed by atoms with Crippen LogP contribution in [0, 0.1) is 19.8 Å². The number of aryl methyl sites for hydroxylation is 2. The number of benzene rings is 1. The zero-order valence-electron chi connectivity index (χ0n) is 21.2. The summed E-state index contributed by atoms with van der Waals surface area (Å²) in [6, 6.07) is 11.8. The van der Waals surface area contributed by atoms with Gasteiger partial charge in [0.25, 0.3) is 0 Å². The number of pyridine rings is 1. The minimum absolute atomic E-state index is 0.272. The second kappa shape index (κ2) is 10.2. The number of amides is 1. The standard InChI is InChI=1S/C27H27B3N4O3/c1-17-24(18(2)37-32-17)21-13-23-22(15-34(27(28,29)30)25(23)31-14-21)12-19-8-10-33(11-9-19)26(35)36-16-20-6-4-3-5-7-20/h3-7,13-15,19H,8-12,16H2,1-2H3. The van der Waals surface area contributed by atoms with Crippen LogP contribution in [-0.2, 0) is 23.0 Å². The molecule has 1 aliphatic heterocycles. The van der Waals surface area contributed by atoms with Crippen LogP contribution in [0.5, 0.6) is 0 Å². The smallest absolute Gasteiger partial charge is 0.410 e. The van der Waals surface area contributed by atoms with Crippen molar-refractivity contribution < 1.29 is 14.1 Å². The van der Waals surface area contributed by atoms with Crippen molar-refractivity contribution in [1.82, 2.24) is 19.6 Å². The van der Waals surface area contributed by atoms with Crippen LogP contribution in [0.15, 0.2) is 53.3 Å². The Balaban J connectivity index is 1.31. The van der Waals surface area contributed by atoms with Crippen molar-refractivity contribution >= 4 is 40.7 Å². The van der Waals surface area contributed by atoms with Gasteiger partial charge in [-0.25, -0.2) is 9.78 Å². The highest BCUT2D eigenvalue weighted by atomic mass is 16.6. The van der Waals surface area contributed by atoms with E-state index in [9.17, 15) is 4.79 Å². The van der Waals surface area contributed by atoms with Gasteiger partial charge in [0.1, 0.15) is 18.0 Å². The first kappa shape index (κ1) is 25.2. The number of likely N-dealkylation sites (tertiary alicyclic amines) is 1. The van der Waals surface area contributed by atoms with Gasteiger partial charge in [0.15, 0.2) is 0 Å². The van der Waals surface area contributed by atoms with Crippen molar-refractivity contribution in [1.29, 1.82) is 0 Å². The lowest BCUT2D eigenvalue weighted by Gasteiger charge is -2.31. The summed E-state index contributed by atoms with van der Waals surface area (Å²) in [4.78, 5) is 19.0. The maximum atomic E-state index is 12.6. The molecule has 1 amide bonds. The Bertz CT molecular complexity index is 1380. The molecule has 0 N–H and O–H groups in total. The van der Waals surface area contributed by atoms with E-state index in [1.54, 1.807) is 15.7 Å². The van der Waals surface area contributed by atoms with Crippen molar-refractivity contribution in [3.63, 3.8) is 0 Å². The van der Waals surface area contributed by atoms with Gasteiger partial charge in [-0.2, -0.15) is 0 Å². The molecule has 37 heavy (non-hydrogen) atoms. The lowest BCUT2D eigenvalue weighted by Crippen LogP contribution is -2.39. The Labute approximate surface area is 220 Å². The van der Waals surface area contributed by atoms with E-state index >= 15 is 0 Å². The molecule has 182 valence electrons. The molecule has 6 radical (unpaired) electrons. The van der Waals surface area contributed by atoms with Gasteiger partial charge in [0.05, 0.1) is 29.2 Å². The van der Waals surface area contributed by atoms with E-state index in [0.717, 1.165) is 58.4 Å². The summed E-state index contributed by atoms with van der Waals surface area (Å²) in [5.74, 6) is 1.11. The number of hydrogen-bond acceptors (Lipinski definition) is 5. The van der Waals surface area contributed by atoms with E-state index in [4.69, 9.17) is 32.8 Å². The van der Waals surface area contributed by atoms with Crippen LogP contribution in [-0.4, -0.2) is 62.3 Å². The van der Waals surface area contributed by atoms with Gasteiger partial charge in [0, 0.05) is 42.0 Å². The number of ether oxygens (including phenoxy) is 1. The predicted octanol–water partition coefficient (Wildman–Crippen LogP) is 3.97. The van der Waals surface area contributed by atoms with Gasteiger partial charge in [-0.15, -0.1) is 0 Å².